The molecule has 1 fully saturated rings. The Bertz CT molecular complexity index is 530. The Morgan fingerprint density at radius 2 is 2.10 bits per heavy atom. The lowest BCUT2D eigenvalue weighted by Gasteiger charge is -2.24. The van der Waals surface area contributed by atoms with Crippen LogP contribution in [0, 0.1) is 34.4 Å². The fourth-order valence-electron chi connectivity index (χ4n) is 2.95. The second-order valence-electron chi connectivity index (χ2n) is 6.76. The molecule has 1 heterocycles. The first-order valence-electron chi connectivity index (χ1n) is 6.90. The first-order valence-corrected chi connectivity index (χ1v) is 7.27. The van der Waals surface area contributed by atoms with Gasteiger partial charge in [0.1, 0.15) is 5.82 Å². The van der Waals surface area contributed by atoms with Gasteiger partial charge in [-0.05, 0) is 36.0 Å². The molecule has 2 rings (SSSR count). The van der Waals surface area contributed by atoms with Gasteiger partial charge in [-0.3, -0.25) is 0 Å². The Balaban J connectivity index is 2.18. The molecular formula is C16H20ClFN2. The van der Waals surface area contributed by atoms with E-state index in [2.05, 4.69) is 26.8 Å². The molecule has 1 aliphatic rings. The lowest BCUT2D eigenvalue weighted by molar-refractivity contribution is 0.286. The van der Waals surface area contributed by atoms with Gasteiger partial charge in [0.2, 0.25) is 0 Å². The van der Waals surface area contributed by atoms with Gasteiger partial charge in [-0.25, -0.2) is 4.39 Å². The van der Waals surface area contributed by atoms with Crippen molar-refractivity contribution in [1.29, 1.82) is 5.26 Å². The number of halogens is 2. The summed E-state index contributed by atoms with van der Waals surface area (Å²) >= 11 is 5.78. The molecule has 108 valence electrons. The minimum atomic E-state index is -0.314. The maximum absolute atomic E-state index is 14.0. The number of benzene rings is 1. The molecule has 2 unspecified atom stereocenters. The van der Waals surface area contributed by atoms with Crippen LogP contribution in [0.15, 0.2) is 18.2 Å². The van der Waals surface area contributed by atoms with E-state index in [-0.39, 0.29) is 23.1 Å². The van der Waals surface area contributed by atoms with E-state index >= 15 is 0 Å². The van der Waals surface area contributed by atoms with E-state index in [1.54, 1.807) is 12.1 Å². The van der Waals surface area contributed by atoms with Gasteiger partial charge in [0.15, 0.2) is 0 Å². The molecule has 0 bridgehead atoms. The minimum absolute atomic E-state index is 0.0377. The zero-order valence-electron chi connectivity index (χ0n) is 12.2. The Kier molecular flexibility index (Phi) is 4.25. The summed E-state index contributed by atoms with van der Waals surface area (Å²) in [5.74, 6) is -0.0648. The number of anilines is 1. The fourth-order valence-corrected chi connectivity index (χ4v) is 3.10. The van der Waals surface area contributed by atoms with Crippen molar-refractivity contribution in [1.82, 2.24) is 0 Å². The highest BCUT2D eigenvalue weighted by molar-refractivity contribution is 6.30. The third-order valence-electron chi connectivity index (χ3n) is 3.73. The standard InChI is InChI=1S/C16H20ClFN2/c1-16(2,3)7-11-9-20(10-12(11)8-19)15-5-4-13(17)6-14(15)18/h4-6,11-12H,7,9-10H2,1-3H3. The van der Waals surface area contributed by atoms with E-state index in [9.17, 15) is 9.65 Å². The van der Waals surface area contributed by atoms with Crippen LogP contribution in [-0.2, 0) is 0 Å². The Labute approximate surface area is 125 Å². The molecule has 2 nitrogen and oxygen atoms in total. The van der Waals surface area contributed by atoms with E-state index in [1.807, 2.05) is 4.90 Å². The van der Waals surface area contributed by atoms with Gasteiger partial charge < -0.3 is 4.90 Å². The number of nitriles is 1. The Morgan fingerprint density at radius 1 is 1.40 bits per heavy atom. The average Bonchev–Trinajstić information content (AvgIpc) is 2.69. The monoisotopic (exact) mass is 294 g/mol. The average molecular weight is 295 g/mol. The highest BCUT2D eigenvalue weighted by atomic mass is 35.5. The van der Waals surface area contributed by atoms with Crippen LogP contribution in [0.4, 0.5) is 10.1 Å². The SMILES string of the molecule is CC(C)(C)CC1CN(c2ccc(Cl)cc2F)CC1C#N. The van der Waals surface area contributed by atoms with Gasteiger partial charge in [0.05, 0.1) is 17.7 Å². The maximum Gasteiger partial charge on any atom is 0.147 e. The number of hydrogen-bond acceptors (Lipinski definition) is 2. The summed E-state index contributed by atoms with van der Waals surface area (Å²) < 4.78 is 14.0. The van der Waals surface area contributed by atoms with E-state index < -0.39 is 0 Å². The maximum atomic E-state index is 14.0. The van der Waals surface area contributed by atoms with Crippen LogP contribution in [0.3, 0.4) is 0 Å². The van der Waals surface area contributed by atoms with Crippen LogP contribution in [-0.4, -0.2) is 13.1 Å². The molecule has 0 spiro atoms. The molecule has 0 aliphatic carbocycles. The summed E-state index contributed by atoms with van der Waals surface area (Å²) in [6.07, 6.45) is 0.969. The molecule has 20 heavy (non-hydrogen) atoms. The van der Waals surface area contributed by atoms with Crippen molar-refractivity contribution >= 4 is 17.3 Å². The predicted octanol–water partition coefficient (Wildman–Crippen LogP) is 4.49. The first kappa shape index (κ1) is 15.1. The molecule has 0 radical (unpaired) electrons. The van der Waals surface area contributed by atoms with Gasteiger partial charge >= 0.3 is 0 Å². The zero-order chi connectivity index (χ0) is 14.9. The summed E-state index contributed by atoms with van der Waals surface area (Å²) in [5, 5.41) is 9.72. The van der Waals surface area contributed by atoms with E-state index in [1.165, 1.54) is 6.07 Å². The Hall–Kier alpha value is -1.27. The summed E-state index contributed by atoms with van der Waals surface area (Å²) in [7, 11) is 0. The molecule has 4 heteroatoms. The van der Waals surface area contributed by atoms with Gasteiger partial charge in [-0.15, -0.1) is 0 Å². The molecular weight excluding hydrogens is 275 g/mol. The lowest BCUT2D eigenvalue weighted by atomic mass is 9.80. The molecule has 0 amide bonds. The van der Waals surface area contributed by atoms with Crippen LogP contribution >= 0.6 is 11.6 Å². The highest BCUT2D eigenvalue weighted by Gasteiger charge is 2.36. The number of rotatable bonds is 2. The van der Waals surface area contributed by atoms with Gasteiger partial charge in [0, 0.05) is 18.1 Å². The third kappa shape index (κ3) is 3.43. The van der Waals surface area contributed by atoms with E-state index in [0.29, 0.717) is 17.3 Å². The number of hydrogen-bond donors (Lipinski definition) is 0. The lowest BCUT2D eigenvalue weighted by Crippen LogP contribution is -2.22. The molecule has 1 saturated heterocycles. The van der Waals surface area contributed by atoms with E-state index in [4.69, 9.17) is 11.6 Å². The van der Waals surface area contributed by atoms with Crippen LogP contribution in [0.1, 0.15) is 27.2 Å². The Morgan fingerprint density at radius 3 is 2.65 bits per heavy atom. The van der Waals surface area contributed by atoms with Crippen LogP contribution in [0.2, 0.25) is 5.02 Å². The predicted molar refractivity (Wildman–Crippen MR) is 80.3 cm³/mol. The van der Waals surface area contributed by atoms with Crippen molar-refractivity contribution < 1.29 is 4.39 Å². The van der Waals surface area contributed by atoms with E-state index in [0.717, 1.165) is 13.0 Å². The second kappa shape index (κ2) is 5.61. The topological polar surface area (TPSA) is 27.0 Å². The third-order valence-corrected chi connectivity index (χ3v) is 3.97. The first-order chi connectivity index (χ1) is 9.30. The van der Waals surface area contributed by atoms with Gasteiger partial charge in [-0.1, -0.05) is 32.4 Å². The normalized spacial score (nSPS) is 22.9. The molecule has 1 aromatic rings. The smallest absolute Gasteiger partial charge is 0.147 e. The molecule has 1 aliphatic heterocycles. The molecule has 1 aromatic carbocycles. The summed E-state index contributed by atoms with van der Waals surface area (Å²) in [6.45, 7) is 7.84. The summed E-state index contributed by atoms with van der Waals surface area (Å²) in [4.78, 5) is 1.97. The quantitative estimate of drug-likeness (QED) is 0.803. The fraction of sp³-hybridized carbons (Fsp3) is 0.562. The van der Waals surface area contributed by atoms with Gasteiger partial charge in [0.25, 0.3) is 0 Å². The summed E-state index contributed by atoms with van der Waals surface area (Å²) in [6, 6.07) is 7.10. The van der Waals surface area contributed by atoms with Gasteiger partial charge in [-0.2, -0.15) is 5.26 Å². The molecule has 2 atom stereocenters. The van der Waals surface area contributed by atoms with Crippen LogP contribution in [0.5, 0.6) is 0 Å². The molecule has 0 saturated carbocycles. The van der Waals surface area contributed by atoms with Crippen molar-refractivity contribution in [2.45, 2.75) is 27.2 Å². The number of nitrogens with zero attached hydrogens (tertiary/aromatic N) is 2. The highest BCUT2D eigenvalue weighted by Crippen LogP contribution is 2.36. The van der Waals surface area contributed by atoms with Crippen molar-refractivity contribution in [2.75, 3.05) is 18.0 Å². The molecule has 0 N–H and O–H groups in total. The largest absolute Gasteiger partial charge is 0.368 e. The van der Waals surface area contributed by atoms with Crippen molar-refractivity contribution in [3.63, 3.8) is 0 Å². The van der Waals surface area contributed by atoms with Crippen molar-refractivity contribution in [3.05, 3.63) is 29.0 Å². The second-order valence-corrected chi connectivity index (χ2v) is 7.20. The summed E-state index contributed by atoms with van der Waals surface area (Å²) in [5.41, 5.74) is 0.722. The van der Waals surface area contributed by atoms with Crippen molar-refractivity contribution in [3.8, 4) is 6.07 Å². The zero-order valence-corrected chi connectivity index (χ0v) is 12.9. The van der Waals surface area contributed by atoms with Crippen molar-refractivity contribution in [2.24, 2.45) is 17.3 Å². The molecule has 0 aromatic heterocycles. The van der Waals surface area contributed by atoms with Crippen LogP contribution in [0.25, 0.3) is 0 Å². The van der Waals surface area contributed by atoms with Crippen LogP contribution < -0.4 is 4.90 Å². The minimum Gasteiger partial charge on any atom is -0.368 e.